The number of nitrogens with one attached hydrogen (secondary N) is 2. The maximum Gasteiger partial charge on any atom is 0.255 e. The van der Waals surface area contributed by atoms with Gasteiger partial charge in [-0.2, -0.15) is 0 Å². The van der Waals surface area contributed by atoms with Crippen LogP contribution in [0.25, 0.3) is 0 Å². The average molecular weight is 333 g/mol. The fourth-order valence-electron chi connectivity index (χ4n) is 2.46. The van der Waals surface area contributed by atoms with Crippen molar-refractivity contribution in [3.8, 4) is 0 Å². The molecule has 2 amide bonds. The van der Waals surface area contributed by atoms with E-state index in [-0.39, 0.29) is 22.8 Å². The lowest BCUT2D eigenvalue weighted by atomic mass is 10.1. The molecule has 6 heteroatoms. The van der Waals surface area contributed by atoms with Gasteiger partial charge in [-0.3, -0.25) is 9.59 Å². The highest BCUT2D eigenvalue weighted by Gasteiger charge is 2.21. The second kappa shape index (κ2) is 8.06. The monoisotopic (exact) mass is 333 g/mol. The van der Waals surface area contributed by atoms with E-state index in [1.807, 2.05) is 17.0 Å². The van der Waals surface area contributed by atoms with E-state index in [4.69, 9.17) is 12.2 Å². The minimum atomic E-state index is -0.153. The van der Waals surface area contributed by atoms with Crippen LogP contribution in [0.1, 0.15) is 43.5 Å². The van der Waals surface area contributed by atoms with Crippen molar-refractivity contribution in [2.45, 2.75) is 33.1 Å². The van der Waals surface area contributed by atoms with E-state index in [1.165, 1.54) is 6.42 Å². The number of para-hydroxylation sites is 1. The maximum absolute atomic E-state index is 12.7. The van der Waals surface area contributed by atoms with Crippen molar-refractivity contribution in [2.24, 2.45) is 5.92 Å². The normalized spacial score (nSPS) is 14.5. The van der Waals surface area contributed by atoms with Gasteiger partial charge in [0.05, 0.1) is 11.3 Å². The van der Waals surface area contributed by atoms with Gasteiger partial charge in [-0.25, -0.2) is 0 Å². The first-order valence-electron chi connectivity index (χ1n) is 7.99. The standard InChI is InChI=1S/C17H23N3O2S/c1-12(2)15(21)19-17(23)18-14-9-5-4-8-13(14)16(22)20-10-6-3-7-11-20/h4-5,8-9,12H,3,6-7,10-11H2,1-2H3,(H2,18,19,21,23). The van der Waals surface area contributed by atoms with Crippen LogP contribution >= 0.6 is 12.2 Å². The zero-order valence-electron chi connectivity index (χ0n) is 13.6. The van der Waals surface area contributed by atoms with Gasteiger partial charge in [0.2, 0.25) is 5.91 Å². The molecule has 0 aromatic heterocycles. The van der Waals surface area contributed by atoms with Crippen LogP contribution in [0.2, 0.25) is 0 Å². The van der Waals surface area contributed by atoms with Gasteiger partial charge in [0, 0.05) is 19.0 Å². The van der Waals surface area contributed by atoms with Crippen molar-refractivity contribution in [2.75, 3.05) is 18.4 Å². The third-order valence-corrected chi connectivity index (χ3v) is 4.01. The Kier molecular flexibility index (Phi) is 6.10. The number of hydrogen-bond donors (Lipinski definition) is 2. The van der Waals surface area contributed by atoms with Gasteiger partial charge in [0.25, 0.3) is 5.91 Å². The van der Waals surface area contributed by atoms with Crippen LogP contribution in [-0.2, 0) is 4.79 Å². The molecule has 5 nitrogen and oxygen atoms in total. The Bertz CT molecular complexity index is 595. The number of thiocarbonyl (C=S) groups is 1. The lowest BCUT2D eigenvalue weighted by Gasteiger charge is -2.27. The second-order valence-electron chi connectivity index (χ2n) is 6.00. The minimum absolute atomic E-state index is 0.00536. The molecule has 1 saturated heterocycles. The van der Waals surface area contributed by atoms with Gasteiger partial charge in [0.15, 0.2) is 5.11 Å². The summed E-state index contributed by atoms with van der Waals surface area (Å²) in [7, 11) is 0. The van der Waals surface area contributed by atoms with Crippen LogP contribution in [0.3, 0.4) is 0 Å². The molecule has 0 spiro atoms. The first-order chi connectivity index (χ1) is 11.0. The van der Waals surface area contributed by atoms with E-state index in [0.717, 1.165) is 25.9 Å². The van der Waals surface area contributed by atoms with Crippen LogP contribution in [0.15, 0.2) is 24.3 Å². The number of likely N-dealkylation sites (tertiary alicyclic amines) is 1. The number of benzene rings is 1. The third kappa shape index (κ3) is 4.76. The van der Waals surface area contributed by atoms with E-state index in [0.29, 0.717) is 11.3 Å². The quantitative estimate of drug-likeness (QED) is 0.835. The van der Waals surface area contributed by atoms with Crippen LogP contribution < -0.4 is 10.6 Å². The first-order valence-corrected chi connectivity index (χ1v) is 8.40. The van der Waals surface area contributed by atoms with Crippen molar-refractivity contribution in [3.05, 3.63) is 29.8 Å². The molecule has 2 N–H and O–H groups in total. The van der Waals surface area contributed by atoms with Crippen LogP contribution in [-0.4, -0.2) is 34.9 Å². The highest BCUT2D eigenvalue weighted by atomic mass is 32.1. The molecule has 0 aliphatic carbocycles. The molecule has 124 valence electrons. The zero-order chi connectivity index (χ0) is 16.8. The lowest BCUT2D eigenvalue weighted by molar-refractivity contribution is -0.122. The van der Waals surface area contributed by atoms with Crippen molar-refractivity contribution in [3.63, 3.8) is 0 Å². The highest BCUT2D eigenvalue weighted by molar-refractivity contribution is 7.80. The number of carbonyl (C=O) groups is 2. The number of hydrogen-bond acceptors (Lipinski definition) is 3. The zero-order valence-corrected chi connectivity index (χ0v) is 14.4. The van der Waals surface area contributed by atoms with E-state index < -0.39 is 0 Å². The molecule has 1 fully saturated rings. The fraction of sp³-hybridized carbons (Fsp3) is 0.471. The molecule has 1 aliphatic heterocycles. The fourth-order valence-corrected chi connectivity index (χ4v) is 2.67. The molecule has 2 rings (SSSR count). The van der Waals surface area contributed by atoms with Crippen LogP contribution in [0.4, 0.5) is 5.69 Å². The summed E-state index contributed by atoms with van der Waals surface area (Å²) in [6.45, 7) is 5.18. The second-order valence-corrected chi connectivity index (χ2v) is 6.40. The van der Waals surface area contributed by atoms with Gasteiger partial charge < -0.3 is 15.5 Å². The lowest BCUT2D eigenvalue weighted by Crippen LogP contribution is -2.38. The summed E-state index contributed by atoms with van der Waals surface area (Å²) in [5, 5.41) is 5.81. The summed E-state index contributed by atoms with van der Waals surface area (Å²) in [5.41, 5.74) is 1.20. The van der Waals surface area contributed by atoms with E-state index >= 15 is 0 Å². The molecule has 1 aliphatic rings. The third-order valence-electron chi connectivity index (χ3n) is 3.81. The maximum atomic E-state index is 12.7. The van der Waals surface area contributed by atoms with Gasteiger partial charge in [-0.1, -0.05) is 26.0 Å². The Hall–Kier alpha value is -1.95. The number of anilines is 1. The Labute approximate surface area is 142 Å². The number of rotatable bonds is 3. The molecule has 23 heavy (non-hydrogen) atoms. The van der Waals surface area contributed by atoms with E-state index in [2.05, 4.69) is 10.6 Å². The van der Waals surface area contributed by atoms with Gasteiger partial charge in [-0.15, -0.1) is 0 Å². The van der Waals surface area contributed by atoms with Crippen LogP contribution in [0, 0.1) is 5.92 Å². The topological polar surface area (TPSA) is 61.4 Å². The summed E-state index contributed by atoms with van der Waals surface area (Å²) in [5.74, 6) is -0.298. The van der Waals surface area contributed by atoms with Gasteiger partial charge in [0.1, 0.15) is 0 Å². The molecule has 0 bridgehead atoms. The summed E-state index contributed by atoms with van der Waals surface area (Å²) >= 11 is 5.17. The Morgan fingerprint density at radius 1 is 1.13 bits per heavy atom. The van der Waals surface area contributed by atoms with Crippen molar-refractivity contribution in [1.82, 2.24) is 10.2 Å². The summed E-state index contributed by atoms with van der Waals surface area (Å²) in [6, 6.07) is 7.25. The van der Waals surface area contributed by atoms with Gasteiger partial charge >= 0.3 is 0 Å². The molecule has 1 aromatic rings. The number of carbonyl (C=O) groups excluding carboxylic acids is 2. The summed E-state index contributed by atoms with van der Waals surface area (Å²) in [4.78, 5) is 26.3. The van der Waals surface area contributed by atoms with Crippen molar-refractivity contribution in [1.29, 1.82) is 0 Å². The Morgan fingerprint density at radius 3 is 2.43 bits per heavy atom. The van der Waals surface area contributed by atoms with Crippen molar-refractivity contribution < 1.29 is 9.59 Å². The predicted octanol–water partition coefficient (Wildman–Crippen LogP) is 2.78. The molecule has 0 atom stereocenters. The molecule has 0 unspecified atom stereocenters. The van der Waals surface area contributed by atoms with Crippen molar-refractivity contribution >= 4 is 34.8 Å². The minimum Gasteiger partial charge on any atom is -0.339 e. The molecular formula is C17H23N3O2S. The predicted molar refractivity (Wildman–Crippen MR) is 95.4 cm³/mol. The molecular weight excluding hydrogens is 310 g/mol. The molecule has 1 aromatic carbocycles. The van der Waals surface area contributed by atoms with E-state index in [1.54, 1.807) is 26.0 Å². The largest absolute Gasteiger partial charge is 0.339 e. The first kappa shape index (κ1) is 17.4. The number of amides is 2. The summed E-state index contributed by atoms with van der Waals surface area (Å²) in [6.07, 6.45) is 3.27. The summed E-state index contributed by atoms with van der Waals surface area (Å²) < 4.78 is 0. The highest BCUT2D eigenvalue weighted by Crippen LogP contribution is 2.20. The average Bonchev–Trinajstić information content (AvgIpc) is 2.55. The molecule has 0 saturated carbocycles. The number of piperidine rings is 1. The SMILES string of the molecule is CC(C)C(=O)NC(=S)Nc1ccccc1C(=O)N1CCCCC1. The molecule has 0 radical (unpaired) electrons. The van der Waals surface area contributed by atoms with E-state index in [9.17, 15) is 9.59 Å². The molecule has 1 heterocycles. The van der Waals surface area contributed by atoms with Gasteiger partial charge in [-0.05, 0) is 43.6 Å². The Morgan fingerprint density at radius 2 is 1.78 bits per heavy atom. The van der Waals surface area contributed by atoms with Crippen LogP contribution in [0.5, 0.6) is 0 Å². The smallest absolute Gasteiger partial charge is 0.255 e. The number of nitrogens with zero attached hydrogens (tertiary/aromatic N) is 1. The Balaban J connectivity index is 2.09.